The van der Waals surface area contributed by atoms with Gasteiger partial charge in [-0.2, -0.15) is 0 Å². The molecule has 1 fully saturated rings. The summed E-state index contributed by atoms with van der Waals surface area (Å²) in [5.74, 6) is 2.83. The Bertz CT molecular complexity index is 421. The zero-order valence-electron chi connectivity index (χ0n) is 11.9. The van der Waals surface area contributed by atoms with Crippen LogP contribution in [0.4, 0.5) is 0 Å². The lowest BCUT2D eigenvalue weighted by atomic mass is 9.99. The zero-order valence-corrected chi connectivity index (χ0v) is 11.9. The average Bonchev–Trinajstić information content (AvgIpc) is 2.93. The van der Waals surface area contributed by atoms with E-state index in [0.29, 0.717) is 12.0 Å². The highest BCUT2D eigenvalue weighted by atomic mass is 15.2. The highest BCUT2D eigenvalue weighted by Crippen LogP contribution is 2.31. The van der Waals surface area contributed by atoms with Gasteiger partial charge in [0.2, 0.25) is 0 Å². The molecule has 2 unspecified atom stereocenters. The first kappa shape index (κ1) is 12.2. The summed E-state index contributed by atoms with van der Waals surface area (Å²) < 4.78 is 2.52. The van der Waals surface area contributed by atoms with Gasteiger partial charge in [0.05, 0.1) is 0 Å². The van der Waals surface area contributed by atoms with Gasteiger partial charge in [0.25, 0.3) is 0 Å². The number of fused-ring (bicyclic) bond motifs is 1. The summed E-state index contributed by atoms with van der Waals surface area (Å²) in [5.41, 5.74) is 1.46. The van der Waals surface area contributed by atoms with Crippen LogP contribution in [0.25, 0.3) is 0 Å². The third-order valence-electron chi connectivity index (χ3n) is 4.67. The van der Waals surface area contributed by atoms with E-state index in [9.17, 15) is 0 Å². The van der Waals surface area contributed by atoms with E-state index in [-0.39, 0.29) is 0 Å². The molecule has 2 aliphatic heterocycles. The minimum Gasteiger partial charge on any atom is -0.332 e. The zero-order chi connectivity index (χ0) is 12.7. The number of hydrogen-bond donors (Lipinski definition) is 0. The fourth-order valence-electron chi connectivity index (χ4n) is 3.43. The Balaban J connectivity index is 1.80. The van der Waals surface area contributed by atoms with Crippen molar-refractivity contribution >= 4 is 0 Å². The van der Waals surface area contributed by atoms with Gasteiger partial charge >= 0.3 is 0 Å². The van der Waals surface area contributed by atoms with E-state index >= 15 is 0 Å². The van der Waals surface area contributed by atoms with Gasteiger partial charge in [-0.15, -0.1) is 0 Å². The Morgan fingerprint density at radius 2 is 2.11 bits per heavy atom. The summed E-state index contributed by atoms with van der Waals surface area (Å²) >= 11 is 0. The lowest BCUT2D eigenvalue weighted by Gasteiger charge is -2.24. The van der Waals surface area contributed by atoms with Crippen molar-refractivity contribution in [2.24, 2.45) is 5.92 Å². The van der Waals surface area contributed by atoms with Gasteiger partial charge in [0, 0.05) is 36.9 Å². The number of rotatable bonds is 2. The van der Waals surface area contributed by atoms with Crippen LogP contribution in [0.2, 0.25) is 0 Å². The maximum Gasteiger partial charge on any atom is 0.113 e. The van der Waals surface area contributed by atoms with E-state index in [0.717, 1.165) is 5.92 Å². The molecule has 100 valence electrons. The summed E-state index contributed by atoms with van der Waals surface area (Å²) in [4.78, 5) is 7.33. The van der Waals surface area contributed by atoms with Gasteiger partial charge in [0.15, 0.2) is 0 Å². The second-order valence-corrected chi connectivity index (χ2v) is 6.44. The van der Waals surface area contributed by atoms with E-state index in [2.05, 4.69) is 36.4 Å². The van der Waals surface area contributed by atoms with E-state index in [1.54, 1.807) is 0 Å². The first-order valence-corrected chi connectivity index (χ1v) is 7.43. The van der Waals surface area contributed by atoms with Gasteiger partial charge in [-0.05, 0) is 45.6 Å². The first-order valence-electron chi connectivity index (χ1n) is 7.43. The van der Waals surface area contributed by atoms with Crippen LogP contribution in [0, 0.1) is 5.92 Å². The number of nitrogens with zero attached hydrogens (tertiary/aromatic N) is 3. The molecule has 0 spiro atoms. The van der Waals surface area contributed by atoms with Crippen molar-refractivity contribution in [3.63, 3.8) is 0 Å². The molecule has 3 heterocycles. The third-order valence-corrected chi connectivity index (χ3v) is 4.67. The molecule has 18 heavy (non-hydrogen) atoms. The quantitative estimate of drug-likeness (QED) is 0.801. The molecule has 3 nitrogen and oxygen atoms in total. The summed E-state index contributed by atoms with van der Waals surface area (Å²) in [7, 11) is 0. The minimum atomic E-state index is 0.659. The molecule has 0 saturated carbocycles. The molecule has 1 aromatic heterocycles. The SMILES string of the molecule is CC1CCc2cnc(C3CCN(C(C)C)C3)n2C1. The smallest absolute Gasteiger partial charge is 0.113 e. The number of imidazole rings is 1. The standard InChI is InChI=1S/C15H25N3/c1-11(2)17-7-6-13(10-17)15-16-8-14-5-4-12(3)9-18(14)15/h8,11-13H,4-7,9-10H2,1-3H3. The molecule has 2 atom stereocenters. The highest BCUT2D eigenvalue weighted by molar-refractivity contribution is 5.13. The topological polar surface area (TPSA) is 21.1 Å². The third kappa shape index (κ3) is 2.09. The Kier molecular flexibility index (Phi) is 3.18. The number of aromatic nitrogens is 2. The second kappa shape index (κ2) is 4.69. The molecule has 1 aromatic rings. The molecule has 3 rings (SSSR count). The largest absolute Gasteiger partial charge is 0.332 e. The van der Waals surface area contributed by atoms with Crippen LogP contribution in [-0.2, 0) is 13.0 Å². The van der Waals surface area contributed by atoms with Gasteiger partial charge in [-0.1, -0.05) is 6.92 Å². The van der Waals surface area contributed by atoms with Crippen molar-refractivity contribution in [3.8, 4) is 0 Å². The normalized spacial score (nSPS) is 28.9. The average molecular weight is 247 g/mol. The Labute approximate surface area is 110 Å². The monoisotopic (exact) mass is 247 g/mol. The molecule has 0 N–H and O–H groups in total. The van der Waals surface area contributed by atoms with Crippen molar-refractivity contribution in [3.05, 3.63) is 17.7 Å². The molecule has 0 bridgehead atoms. The summed E-state index contributed by atoms with van der Waals surface area (Å²) in [6, 6.07) is 0.671. The predicted octanol–water partition coefficient (Wildman–Crippen LogP) is 2.66. The van der Waals surface area contributed by atoms with Crippen molar-refractivity contribution in [1.82, 2.24) is 14.5 Å². The number of likely N-dealkylation sites (tertiary alicyclic amines) is 1. The maximum atomic E-state index is 4.74. The predicted molar refractivity (Wildman–Crippen MR) is 73.8 cm³/mol. The van der Waals surface area contributed by atoms with E-state index in [1.807, 2.05) is 0 Å². The van der Waals surface area contributed by atoms with Gasteiger partial charge in [-0.25, -0.2) is 4.98 Å². The molecule has 3 heteroatoms. The molecular weight excluding hydrogens is 222 g/mol. The first-order chi connectivity index (χ1) is 8.65. The minimum absolute atomic E-state index is 0.659. The van der Waals surface area contributed by atoms with Crippen molar-refractivity contribution in [2.75, 3.05) is 13.1 Å². The summed E-state index contributed by atoms with van der Waals surface area (Å²) in [6.07, 6.45) is 5.95. The van der Waals surface area contributed by atoms with Gasteiger partial charge in [-0.3, -0.25) is 0 Å². The molecule has 0 aliphatic carbocycles. The van der Waals surface area contributed by atoms with Crippen LogP contribution in [0.1, 0.15) is 51.0 Å². The van der Waals surface area contributed by atoms with Crippen molar-refractivity contribution in [2.45, 2.75) is 58.5 Å². The Hall–Kier alpha value is -0.830. The van der Waals surface area contributed by atoms with Crippen molar-refractivity contribution < 1.29 is 0 Å². The fourth-order valence-corrected chi connectivity index (χ4v) is 3.43. The van der Waals surface area contributed by atoms with E-state index < -0.39 is 0 Å². The summed E-state index contributed by atoms with van der Waals surface area (Å²) in [6.45, 7) is 10.6. The molecular formula is C15H25N3. The molecule has 1 saturated heterocycles. The number of hydrogen-bond acceptors (Lipinski definition) is 2. The molecule has 0 amide bonds. The lowest BCUT2D eigenvalue weighted by molar-refractivity contribution is 0.270. The Morgan fingerprint density at radius 3 is 2.83 bits per heavy atom. The maximum absolute atomic E-state index is 4.74. The van der Waals surface area contributed by atoms with Crippen LogP contribution in [0.5, 0.6) is 0 Å². The molecule has 0 radical (unpaired) electrons. The highest BCUT2D eigenvalue weighted by Gasteiger charge is 2.30. The number of aryl methyl sites for hydroxylation is 1. The molecule has 0 aromatic carbocycles. The van der Waals surface area contributed by atoms with E-state index in [4.69, 9.17) is 4.98 Å². The van der Waals surface area contributed by atoms with Crippen molar-refractivity contribution in [1.29, 1.82) is 0 Å². The van der Waals surface area contributed by atoms with Gasteiger partial charge in [0.1, 0.15) is 5.82 Å². The van der Waals surface area contributed by atoms with Crippen LogP contribution in [0.15, 0.2) is 6.20 Å². The van der Waals surface area contributed by atoms with Gasteiger partial charge < -0.3 is 9.47 Å². The lowest BCUT2D eigenvalue weighted by Crippen LogP contribution is -2.28. The van der Waals surface area contributed by atoms with Crippen LogP contribution in [0.3, 0.4) is 0 Å². The molecule has 2 aliphatic rings. The van der Waals surface area contributed by atoms with Crippen LogP contribution in [-0.4, -0.2) is 33.6 Å². The Morgan fingerprint density at radius 1 is 1.28 bits per heavy atom. The van der Waals surface area contributed by atoms with Crippen LogP contribution >= 0.6 is 0 Å². The summed E-state index contributed by atoms with van der Waals surface area (Å²) in [5, 5.41) is 0. The van der Waals surface area contributed by atoms with Crippen LogP contribution < -0.4 is 0 Å². The fraction of sp³-hybridized carbons (Fsp3) is 0.800. The second-order valence-electron chi connectivity index (χ2n) is 6.44. The van der Waals surface area contributed by atoms with E-state index in [1.165, 1.54) is 50.4 Å².